The first-order chi connectivity index (χ1) is 15.0. The number of benzene rings is 3. The average Bonchev–Trinajstić information content (AvgIpc) is 2.97. The maximum Gasteiger partial charge on any atom is 0.255 e. The third-order valence-corrected chi connectivity index (χ3v) is 5.69. The molecule has 0 saturated heterocycles. The zero-order valence-electron chi connectivity index (χ0n) is 16.5. The number of fused-ring (bicyclic) bond motifs is 3. The van der Waals surface area contributed by atoms with Gasteiger partial charge in [0.15, 0.2) is 11.6 Å². The lowest BCUT2D eigenvalue weighted by molar-refractivity contribution is -0.116. The van der Waals surface area contributed by atoms with Crippen LogP contribution in [-0.4, -0.2) is 23.4 Å². The van der Waals surface area contributed by atoms with E-state index in [2.05, 4.69) is 10.6 Å². The van der Waals surface area contributed by atoms with Gasteiger partial charge >= 0.3 is 0 Å². The van der Waals surface area contributed by atoms with Gasteiger partial charge in [-0.2, -0.15) is 0 Å². The van der Waals surface area contributed by atoms with Crippen molar-refractivity contribution in [2.75, 3.05) is 10.6 Å². The molecular formula is C25H18N2O4. The molecule has 2 aliphatic rings. The van der Waals surface area contributed by atoms with Crippen LogP contribution in [0, 0.1) is 0 Å². The van der Waals surface area contributed by atoms with Gasteiger partial charge in [0.2, 0.25) is 5.91 Å². The van der Waals surface area contributed by atoms with Crippen LogP contribution < -0.4 is 10.6 Å². The number of anilines is 2. The Labute approximate surface area is 178 Å². The van der Waals surface area contributed by atoms with E-state index in [1.54, 1.807) is 60.7 Å². The predicted octanol–water partition coefficient (Wildman–Crippen LogP) is 3.99. The summed E-state index contributed by atoms with van der Waals surface area (Å²) in [5.74, 6) is -0.936. The zero-order valence-corrected chi connectivity index (χ0v) is 16.5. The normalized spacial score (nSPS) is 14.6. The van der Waals surface area contributed by atoms with Crippen LogP contribution in [0.2, 0.25) is 0 Å². The van der Waals surface area contributed by atoms with Crippen LogP contribution in [-0.2, 0) is 11.2 Å². The van der Waals surface area contributed by atoms with Gasteiger partial charge in [-0.05, 0) is 42.7 Å². The Kier molecular flexibility index (Phi) is 4.47. The van der Waals surface area contributed by atoms with E-state index in [1.165, 1.54) is 0 Å². The van der Waals surface area contributed by atoms with E-state index in [1.807, 2.05) is 0 Å². The summed E-state index contributed by atoms with van der Waals surface area (Å²) in [5, 5.41) is 5.65. The molecule has 0 spiro atoms. The number of nitrogens with one attached hydrogen (secondary N) is 2. The fourth-order valence-electron chi connectivity index (χ4n) is 4.16. The van der Waals surface area contributed by atoms with Crippen molar-refractivity contribution >= 4 is 34.8 Å². The Morgan fingerprint density at radius 2 is 1.55 bits per heavy atom. The summed E-state index contributed by atoms with van der Waals surface area (Å²) in [4.78, 5) is 50.7. The number of carbonyl (C=O) groups is 4. The molecule has 2 N–H and O–H groups in total. The molecule has 0 fully saturated rings. The topological polar surface area (TPSA) is 92.3 Å². The van der Waals surface area contributed by atoms with Crippen LogP contribution in [0.25, 0.3) is 0 Å². The number of amides is 2. The van der Waals surface area contributed by atoms with Gasteiger partial charge in [-0.3, -0.25) is 19.2 Å². The lowest BCUT2D eigenvalue weighted by Gasteiger charge is -2.20. The standard InChI is InChI=1S/C25H18N2O4/c28-21-10-3-5-14-13-15(11-12-19(14)26-21)25(31)27-20-9-4-8-18-22(20)24(30)17-7-2-1-6-16(17)23(18)29/h1-2,4,6-9,11-13H,3,5,10H2,(H,26,28)(H,27,31). The molecular weight excluding hydrogens is 392 g/mol. The molecule has 1 heterocycles. The van der Waals surface area contributed by atoms with Crippen molar-refractivity contribution in [1.82, 2.24) is 0 Å². The Morgan fingerprint density at radius 1 is 0.806 bits per heavy atom. The molecule has 3 aromatic carbocycles. The van der Waals surface area contributed by atoms with E-state index in [9.17, 15) is 19.2 Å². The van der Waals surface area contributed by atoms with Gasteiger partial charge in [-0.1, -0.05) is 36.4 Å². The summed E-state index contributed by atoms with van der Waals surface area (Å²) in [6, 6.07) is 16.7. The van der Waals surface area contributed by atoms with E-state index < -0.39 is 0 Å². The lowest BCUT2D eigenvalue weighted by Crippen LogP contribution is -2.24. The van der Waals surface area contributed by atoms with Gasteiger partial charge in [0.05, 0.1) is 11.3 Å². The van der Waals surface area contributed by atoms with Gasteiger partial charge in [0, 0.05) is 34.4 Å². The molecule has 2 amide bonds. The van der Waals surface area contributed by atoms with Crippen molar-refractivity contribution in [1.29, 1.82) is 0 Å². The second-order valence-corrected chi connectivity index (χ2v) is 7.66. The maximum atomic E-state index is 13.1. The van der Waals surface area contributed by atoms with Crippen molar-refractivity contribution in [3.63, 3.8) is 0 Å². The molecule has 3 aromatic rings. The molecule has 0 radical (unpaired) electrons. The third-order valence-electron chi connectivity index (χ3n) is 5.69. The lowest BCUT2D eigenvalue weighted by atomic mass is 9.83. The van der Waals surface area contributed by atoms with Gasteiger partial charge in [-0.15, -0.1) is 0 Å². The van der Waals surface area contributed by atoms with Crippen LogP contribution in [0.3, 0.4) is 0 Å². The molecule has 0 atom stereocenters. The van der Waals surface area contributed by atoms with Crippen molar-refractivity contribution < 1.29 is 19.2 Å². The summed E-state index contributed by atoms with van der Waals surface area (Å²) >= 11 is 0. The van der Waals surface area contributed by atoms with Crippen molar-refractivity contribution in [3.8, 4) is 0 Å². The summed E-state index contributed by atoms with van der Waals surface area (Å²) in [6.45, 7) is 0. The van der Waals surface area contributed by atoms with Gasteiger partial charge < -0.3 is 10.6 Å². The molecule has 1 aliphatic carbocycles. The second kappa shape index (κ2) is 7.32. The molecule has 6 nitrogen and oxygen atoms in total. The zero-order chi connectivity index (χ0) is 21.5. The van der Waals surface area contributed by atoms with Gasteiger partial charge in [-0.25, -0.2) is 0 Å². The van der Waals surface area contributed by atoms with Gasteiger partial charge in [0.25, 0.3) is 5.91 Å². The highest BCUT2D eigenvalue weighted by atomic mass is 16.2. The van der Waals surface area contributed by atoms with Crippen molar-refractivity contribution in [2.24, 2.45) is 0 Å². The highest BCUT2D eigenvalue weighted by molar-refractivity contribution is 6.30. The summed E-state index contributed by atoms with van der Waals surface area (Å²) < 4.78 is 0. The maximum absolute atomic E-state index is 13.1. The summed E-state index contributed by atoms with van der Waals surface area (Å²) in [7, 11) is 0. The Hall–Kier alpha value is -4.06. The first-order valence-corrected chi connectivity index (χ1v) is 10.1. The minimum Gasteiger partial charge on any atom is -0.326 e. The molecule has 0 aromatic heterocycles. The molecule has 31 heavy (non-hydrogen) atoms. The Morgan fingerprint density at radius 3 is 2.35 bits per heavy atom. The largest absolute Gasteiger partial charge is 0.326 e. The second-order valence-electron chi connectivity index (χ2n) is 7.66. The van der Waals surface area contributed by atoms with Gasteiger partial charge in [0.1, 0.15) is 0 Å². The van der Waals surface area contributed by atoms with E-state index in [0.717, 1.165) is 5.56 Å². The number of carbonyl (C=O) groups excluding carboxylic acids is 4. The SMILES string of the molecule is O=C1CCCc2cc(C(=O)Nc3cccc4c3C(=O)c3ccccc3C4=O)ccc2N1. The Balaban J connectivity index is 1.49. The highest BCUT2D eigenvalue weighted by Gasteiger charge is 2.31. The number of hydrogen-bond acceptors (Lipinski definition) is 4. The number of ketones is 2. The average molecular weight is 410 g/mol. The van der Waals surface area contributed by atoms with Crippen LogP contribution in [0.1, 0.15) is 60.6 Å². The quantitative estimate of drug-likeness (QED) is 0.523. The molecule has 152 valence electrons. The molecule has 0 saturated carbocycles. The summed E-state index contributed by atoms with van der Waals surface area (Å²) in [6.07, 6.45) is 1.86. The number of aryl methyl sites for hydroxylation is 1. The third kappa shape index (κ3) is 3.22. The fraction of sp³-hybridized carbons (Fsp3) is 0.120. The fourth-order valence-corrected chi connectivity index (χ4v) is 4.16. The van der Waals surface area contributed by atoms with Crippen LogP contribution in [0.4, 0.5) is 11.4 Å². The van der Waals surface area contributed by atoms with Crippen molar-refractivity contribution in [3.05, 3.63) is 94.0 Å². The molecule has 6 heteroatoms. The number of rotatable bonds is 2. The molecule has 0 unspecified atom stereocenters. The highest BCUT2D eigenvalue weighted by Crippen LogP contribution is 2.32. The smallest absolute Gasteiger partial charge is 0.255 e. The van der Waals surface area contributed by atoms with Crippen LogP contribution in [0.15, 0.2) is 60.7 Å². The van der Waals surface area contributed by atoms with Crippen LogP contribution in [0.5, 0.6) is 0 Å². The summed E-state index contributed by atoms with van der Waals surface area (Å²) in [5.41, 5.74) is 3.54. The minimum absolute atomic E-state index is 0.0321. The van der Waals surface area contributed by atoms with E-state index >= 15 is 0 Å². The minimum atomic E-state index is -0.383. The van der Waals surface area contributed by atoms with E-state index in [0.29, 0.717) is 47.3 Å². The first-order valence-electron chi connectivity index (χ1n) is 10.1. The van der Waals surface area contributed by atoms with Crippen molar-refractivity contribution in [2.45, 2.75) is 19.3 Å². The predicted molar refractivity (Wildman–Crippen MR) is 116 cm³/mol. The van der Waals surface area contributed by atoms with E-state index in [4.69, 9.17) is 0 Å². The Bertz CT molecular complexity index is 1290. The molecule has 0 bridgehead atoms. The molecule has 1 aliphatic heterocycles. The monoisotopic (exact) mass is 410 g/mol. The van der Waals surface area contributed by atoms with Crippen LogP contribution >= 0.6 is 0 Å². The molecule has 5 rings (SSSR count). The van der Waals surface area contributed by atoms with E-state index in [-0.39, 0.29) is 34.5 Å². The number of hydrogen-bond donors (Lipinski definition) is 2. The first kappa shape index (κ1) is 18.9.